The Morgan fingerprint density at radius 2 is 1.40 bits per heavy atom. The molecule has 186 valence electrons. The Hall–Kier alpha value is -2.93. The highest BCUT2D eigenvalue weighted by atomic mass is 35.5. The first-order valence-electron chi connectivity index (χ1n) is 10.3. The molecule has 3 aromatic carbocycles. The van der Waals surface area contributed by atoms with Crippen molar-refractivity contribution in [2.24, 2.45) is 0 Å². The van der Waals surface area contributed by atoms with Crippen LogP contribution in [0.25, 0.3) is 0 Å². The quantitative estimate of drug-likeness (QED) is 0.466. The molecule has 0 bridgehead atoms. The lowest BCUT2D eigenvalue weighted by Crippen LogP contribution is -2.37. The molecule has 13 heteroatoms. The van der Waals surface area contributed by atoms with Crippen molar-refractivity contribution in [3.05, 3.63) is 77.3 Å². The van der Waals surface area contributed by atoms with Crippen molar-refractivity contribution >= 4 is 48.7 Å². The summed E-state index contributed by atoms with van der Waals surface area (Å²) in [7, 11) is -8.52. The molecule has 4 rings (SSSR count). The predicted octanol–water partition coefficient (Wildman–Crippen LogP) is 4.06. The van der Waals surface area contributed by atoms with Gasteiger partial charge < -0.3 is 9.64 Å². The lowest BCUT2D eigenvalue weighted by atomic mass is 10.2. The van der Waals surface area contributed by atoms with E-state index in [4.69, 9.17) is 16.3 Å². The van der Waals surface area contributed by atoms with Crippen LogP contribution in [0.15, 0.2) is 70.5 Å². The molecule has 2 N–H and O–H groups in total. The van der Waals surface area contributed by atoms with E-state index in [0.717, 1.165) is 6.07 Å². The van der Waals surface area contributed by atoms with Crippen molar-refractivity contribution in [1.82, 2.24) is 0 Å². The summed E-state index contributed by atoms with van der Waals surface area (Å²) in [5.41, 5.74) is 0.531. The first-order valence-corrected chi connectivity index (χ1v) is 13.6. The average molecular weight is 544 g/mol. The predicted molar refractivity (Wildman–Crippen MR) is 129 cm³/mol. The first kappa shape index (κ1) is 25.2. The number of sulfonamides is 2. The zero-order valence-corrected chi connectivity index (χ0v) is 20.4. The molecule has 1 fully saturated rings. The van der Waals surface area contributed by atoms with E-state index in [1.54, 1.807) is 0 Å². The molecule has 0 radical (unpaired) electrons. The molecule has 1 aliphatic heterocycles. The summed E-state index contributed by atoms with van der Waals surface area (Å²) in [4.78, 5) is 1.12. The van der Waals surface area contributed by atoms with Crippen LogP contribution in [0.4, 0.5) is 25.8 Å². The Labute approximate surface area is 206 Å². The molecule has 0 aromatic heterocycles. The van der Waals surface area contributed by atoms with Gasteiger partial charge in [-0.2, -0.15) is 0 Å². The van der Waals surface area contributed by atoms with Crippen LogP contribution in [0.1, 0.15) is 0 Å². The molecule has 1 heterocycles. The topological polar surface area (TPSA) is 105 Å². The number of nitrogens with zero attached hydrogens (tertiary/aromatic N) is 1. The number of halogens is 3. The van der Waals surface area contributed by atoms with E-state index in [0.29, 0.717) is 49.1 Å². The van der Waals surface area contributed by atoms with Gasteiger partial charge in [-0.1, -0.05) is 11.6 Å². The highest BCUT2D eigenvalue weighted by Gasteiger charge is 2.26. The Bertz CT molecular complexity index is 1450. The Balaban J connectivity index is 1.72. The molecule has 1 aliphatic rings. The summed E-state index contributed by atoms with van der Waals surface area (Å²) in [6.07, 6.45) is 0. The van der Waals surface area contributed by atoms with Crippen LogP contribution in [-0.2, 0) is 24.8 Å². The van der Waals surface area contributed by atoms with Gasteiger partial charge in [-0.3, -0.25) is 9.44 Å². The van der Waals surface area contributed by atoms with Crippen molar-refractivity contribution in [3.8, 4) is 0 Å². The third-order valence-corrected chi connectivity index (χ3v) is 8.19. The van der Waals surface area contributed by atoms with Gasteiger partial charge in [-0.25, -0.2) is 25.6 Å². The minimum absolute atomic E-state index is 0.0803. The van der Waals surface area contributed by atoms with E-state index in [2.05, 4.69) is 9.44 Å². The molecular weight excluding hydrogens is 524 g/mol. The van der Waals surface area contributed by atoms with Crippen molar-refractivity contribution in [1.29, 1.82) is 0 Å². The maximum atomic E-state index is 13.6. The summed E-state index contributed by atoms with van der Waals surface area (Å²) >= 11 is 5.87. The normalized spacial score (nSPS) is 14.5. The van der Waals surface area contributed by atoms with Crippen LogP contribution < -0.4 is 14.3 Å². The summed E-state index contributed by atoms with van der Waals surface area (Å²) in [5, 5.41) is 0.426. The van der Waals surface area contributed by atoms with Gasteiger partial charge in [0.2, 0.25) is 0 Å². The molecule has 8 nitrogen and oxygen atoms in total. The van der Waals surface area contributed by atoms with Gasteiger partial charge in [0, 0.05) is 23.8 Å². The van der Waals surface area contributed by atoms with Crippen molar-refractivity contribution < 1.29 is 30.4 Å². The first-order chi connectivity index (χ1) is 16.5. The van der Waals surface area contributed by atoms with E-state index in [1.807, 2.05) is 4.90 Å². The van der Waals surface area contributed by atoms with Crippen LogP contribution in [-0.4, -0.2) is 43.1 Å². The van der Waals surface area contributed by atoms with Crippen LogP contribution >= 0.6 is 11.6 Å². The van der Waals surface area contributed by atoms with E-state index >= 15 is 0 Å². The van der Waals surface area contributed by atoms with Gasteiger partial charge in [-0.05, 0) is 60.7 Å². The zero-order valence-electron chi connectivity index (χ0n) is 18.0. The highest BCUT2D eigenvalue weighted by Crippen LogP contribution is 2.32. The fourth-order valence-electron chi connectivity index (χ4n) is 3.44. The number of ether oxygens (including phenoxy) is 1. The Morgan fingerprint density at radius 3 is 2.06 bits per heavy atom. The molecule has 0 atom stereocenters. The molecule has 0 unspecified atom stereocenters. The van der Waals surface area contributed by atoms with Crippen molar-refractivity contribution in [2.75, 3.05) is 40.6 Å². The third kappa shape index (κ3) is 5.84. The SMILES string of the molecule is O=S(=O)(Nc1ccc(N2CCOCC2)c(S(=O)(=O)Nc2ccc(Cl)cc2)c1)c1ccc(F)c(F)c1. The lowest BCUT2D eigenvalue weighted by molar-refractivity contribution is 0.122. The van der Waals surface area contributed by atoms with Gasteiger partial charge in [0.1, 0.15) is 4.90 Å². The minimum atomic E-state index is -4.34. The Morgan fingerprint density at radius 1 is 0.771 bits per heavy atom. The van der Waals surface area contributed by atoms with E-state index in [-0.39, 0.29) is 16.3 Å². The number of morpholine rings is 1. The molecule has 0 aliphatic carbocycles. The van der Waals surface area contributed by atoms with E-state index in [9.17, 15) is 25.6 Å². The number of benzene rings is 3. The molecule has 1 saturated heterocycles. The van der Waals surface area contributed by atoms with Crippen LogP contribution in [0.5, 0.6) is 0 Å². The number of hydrogen-bond acceptors (Lipinski definition) is 6. The number of anilines is 3. The summed E-state index contributed by atoms with van der Waals surface area (Å²) < 4.78 is 89.0. The van der Waals surface area contributed by atoms with Crippen molar-refractivity contribution in [3.63, 3.8) is 0 Å². The molecule has 0 amide bonds. The number of nitrogens with one attached hydrogen (secondary N) is 2. The van der Waals surface area contributed by atoms with Gasteiger partial charge >= 0.3 is 0 Å². The van der Waals surface area contributed by atoms with Gasteiger partial charge in [0.15, 0.2) is 11.6 Å². The minimum Gasteiger partial charge on any atom is -0.378 e. The summed E-state index contributed by atoms with van der Waals surface area (Å²) in [6.45, 7) is 1.66. The van der Waals surface area contributed by atoms with E-state index in [1.165, 1.54) is 42.5 Å². The van der Waals surface area contributed by atoms with Gasteiger partial charge in [-0.15, -0.1) is 0 Å². The molecule has 35 heavy (non-hydrogen) atoms. The Kier molecular flexibility index (Phi) is 7.17. The summed E-state index contributed by atoms with van der Waals surface area (Å²) in [5.74, 6) is -2.52. The smallest absolute Gasteiger partial charge is 0.264 e. The maximum absolute atomic E-state index is 13.6. The second kappa shape index (κ2) is 9.97. The fraction of sp³-hybridized carbons (Fsp3) is 0.182. The standard InChI is InChI=1S/C22H20ClF2N3O5S2/c23-15-1-3-16(4-2-15)26-35(31,32)22-13-17(5-8-21(22)28-9-11-33-12-10-28)27-34(29,30)18-6-7-19(24)20(25)14-18/h1-8,13-14,26-27H,9-12H2. The fourth-order valence-corrected chi connectivity index (χ4v) is 5.94. The average Bonchev–Trinajstić information content (AvgIpc) is 2.82. The van der Waals surface area contributed by atoms with Gasteiger partial charge in [0.05, 0.1) is 29.5 Å². The zero-order chi connectivity index (χ0) is 25.2. The lowest BCUT2D eigenvalue weighted by Gasteiger charge is -2.30. The van der Waals surface area contributed by atoms with Crippen LogP contribution in [0, 0.1) is 11.6 Å². The van der Waals surface area contributed by atoms with Crippen molar-refractivity contribution in [2.45, 2.75) is 9.79 Å². The molecule has 0 saturated carbocycles. The largest absolute Gasteiger partial charge is 0.378 e. The maximum Gasteiger partial charge on any atom is 0.264 e. The number of hydrogen-bond donors (Lipinski definition) is 2. The second-order valence-corrected chi connectivity index (χ2v) is 11.3. The highest BCUT2D eigenvalue weighted by molar-refractivity contribution is 7.93. The second-order valence-electron chi connectivity index (χ2n) is 7.58. The summed E-state index contributed by atoms with van der Waals surface area (Å²) in [6, 6.07) is 12.2. The number of rotatable bonds is 7. The monoisotopic (exact) mass is 543 g/mol. The van der Waals surface area contributed by atoms with E-state index < -0.39 is 36.6 Å². The molecule has 3 aromatic rings. The van der Waals surface area contributed by atoms with Crippen LogP contribution in [0.2, 0.25) is 5.02 Å². The molecular formula is C22H20ClF2N3O5S2. The van der Waals surface area contributed by atoms with Gasteiger partial charge in [0.25, 0.3) is 20.0 Å². The molecule has 0 spiro atoms. The third-order valence-electron chi connectivity index (χ3n) is 5.15. The van der Waals surface area contributed by atoms with Crippen LogP contribution in [0.3, 0.4) is 0 Å².